The molecule has 0 saturated heterocycles. The van der Waals surface area contributed by atoms with E-state index in [0.717, 1.165) is 37.6 Å². The molecule has 3 rings (SSSR count). The molecule has 2 aromatic rings. The average Bonchev–Trinajstić information content (AvgIpc) is 2.45. The number of fused-ring (bicyclic) bond motifs is 1. The number of anilines is 3. The molecule has 4 N–H and O–H groups in total. The molecule has 1 unspecified atom stereocenters. The number of aromatic nitrogens is 2. The van der Waals surface area contributed by atoms with Gasteiger partial charge in [0.15, 0.2) is 0 Å². The summed E-state index contributed by atoms with van der Waals surface area (Å²) >= 11 is 0. The van der Waals surface area contributed by atoms with Crippen LogP contribution in [0.3, 0.4) is 0 Å². The highest BCUT2D eigenvalue weighted by atomic mass is 15.1. The first kappa shape index (κ1) is 13.7. The van der Waals surface area contributed by atoms with Gasteiger partial charge in [-0.2, -0.15) is 9.97 Å². The van der Waals surface area contributed by atoms with E-state index in [4.69, 9.17) is 5.73 Å². The molecule has 0 amide bonds. The summed E-state index contributed by atoms with van der Waals surface area (Å²) in [6.07, 6.45) is 2.18. The maximum absolute atomic E-state index is 5.76. The van der Waals surface area contributed by atoms with Gasteiger partial charge < -0.3 is 16.4 Å². The number of nitrogens with two attached hydrogens (primary N) is 1. The van der Waals surface area contributed by atoms with Crippen LogP contribution < -0.4 is 16.4 Å². The normalized spacial score (nSPS) is 16.0. The van der Waals surface area contributed by atoms with Gasteiger partial charge in [-0.05, 0) is 24.0 Å². The Bertz CT molecular complexity index is 626. The van der Waals surface area contributed by atoms with Gasteiger partial charge in [-0.3, -0.25) is 0 Å². The third-order valence-electron chi connectivity index (χ3n) is 3.79. The van der Waals surface area contributed by atoms with Crippen molar-refractivity contribution in [3.63, 3.8) is 0 Å². The van der Waals surface area contributed by atoms with Crippen molar-refractivity contribution in [1.82, 2.24) is 9.97 Å². The van der Waals surface area contributed by atoms with Gasteiger partial charge in [0.2, 0.25) is 5.95 Å². The van der Waals surface area contributed by atoms with E-state index in [0.29, 0.717) is 11.9 Å². The van der Waals surface area contributed by atoms with Crippen molar-refractivity contribution in [3.8, 4) is 0 Å². The molecule has 5 nitrogen and oxygen atoms in total. The summed E-state index contributed by atoms with van der Waals surface area (Å²) in [5.41, 5.74) is 8.65. The molecular formula is C16H21N5. The predicted molar refractivity (Wildman–Crippen MR) is 86.6 cm³/mol. The number of hydrogen-bond donors (Lipinski definition) is 3. The lowest BCUT2D eigenvalue weighted by Gasteiger charge is -2.30. The first-order valence-corrected chi connectivity index (χ1v) is 7.46. The van der Waals surface area contributed by atoms with Crippen molar-refractivity contribution in [2.75, 3.05) is 29.5 Å². The zero-order chi connectivity index (χ0) is 14.7. The van der Waals surface area contributed by atoms with Crippen LogP contribution in [-0.2, 0) is 6.42 Å². The largest absolute Gasteiger partial charge is 0.370 e. The second-order valence-corrected chi connectivity index (χ2v) is 5.40. The number of benzene rings is 1. The topological polar surface area (TPSA) is 75.9 Å². The van der Waals surface area contributed by atoms with Gasteiger partial charge in [0, 0.05) is 25.1 Å². The molecule has 0 saturated carbocycles. The monoisotopic (exact) mass is 283 g/mol. The predicted octanol–water partition coefficient (Wildman–Crippen LogP) is 2.63. The van der Waals surface area contributed by atoms with Gasteiger partial charge >= 0.3 is 0 Å². The fraction of sp³-hybridized carbons (Fsp3) is 0.375. The summed E-state index contributed by atoms with van der Waals surface area (Å²) in [7, 11) is 0. The molecule has 1 aliphatic carbocycles. The molecule has 5 heteroatoms. The molecule has 1 atom stereocenters. The number of nitrogens with one attached hydrogen (secondary N) is 2. The fourth-order valence-corrected chi connectivity index (χ4v) is 2.67. The van der Waals surface area contributed by atoms with Crippen molar-refractivity contribution in [1.29, 1.82) is 0 Å². The number of nitrogens with zero attached hydrogens (tertiary/aromatic N) is 2. The summed E-state index contributed by atoms with van der Waals surface area (Å²) in [6, 6.07) is 10.5. The molecule has 0 spiro atoms. The zero-order valence-electron chi connectivity index (χ0n) is 12.3. The van der Waals surface area contributed by atoms with Crippen molar-refractivity contribution in [2.45, 2.75) is 25.7 Å². The molecule has 21 heavy (non-hydrogen) atoms. The smallest absolute Gasteiger partial charge is 0.223 e. The van der Waals surface area contributed by atoms with E-state index < -0.39 is 0 Å². The molecule has 110 valence electrons. The van der Waals surface area contributed by atoms with E-state index in [9.17, 15) is 0 Å². The Labute approximate surface area is 125 Å². The number of nitrogen functional groups attached to an aromatic ring is 1. The van der Waals surface area contributed by atoms with Gasteiger partial charge in [-0.25, -0.2) is 0 Å². The third kappa shape index (κ3) is 3.07. The number of rotatable bonds is 6. The minimum Gasteiger partial charge on any atom is -0.370 e. The van der Waals surface area contributed by atoms with E-state index in [-0.39, 0.29) is 0 Å². The van der Waals surface area contributed by atoms with E-state index >= 15 is 0 Å². The van der Waals surface area contributed by atoms with Gasteiger partial charge in [0.1, 0.15) is 11.6 Å². The third-order valence-corrected chi connectivity index (χ3v) is 3.79. The molecule has 1 aliphatic rings. The summed E-state index contributed by atoms with van der Waals surface area (Å²) in [6.45, 7) is 3.87. The van der Waals surface area contributed by atoms with Crippen LogP contribution in [0.2, 0.25) is 0 Å². The Balaban J connectivity index is 1.62. The lowest BCUT2D eigenvalue weighted by atomic mass is 9.77. The minimum absolute atomic E-state index is 0.299. The first-order chi connectivity index (χ1) is 10.3. The fourth-order valence-electron chi connectivity index (χ4n) is 2.67. The Morgan fingerprint density at radius 1 is 1.19 bits per heavy atom. The quantitative estimate of drug-likeness (QED) is 0.760. The maximum Gasteiger partial charge on any atom is 0.223 e. The van der Waals surface area contributed by atoms with Crippen LogP contribution in [0.25, 0.3) is 0 Å². The van der Waals surface area contributed by atoms with Crippen molar-refractivity contribution in [2.24, 2.45) is 0 Å². The molecule has 0 aliphatic heterocycles. The van der Waals surface area contributed by atoms with E-state index in [1.165, 1.54) is 11.1 Å². The Hall–Kier alpha value is -2.30. The highest BCUT2D eigenvalue weighted by Gasteiger charge is 2.24. The lowest BCUT2D eigenvalue weighted by molar-refractivity contribution is 0.634. The number of hydrogen-bond acceptors (Lipinski definition) is 5. The van der Waals surface area contributed by atoms with Crippen molar-refractivity contribution in [3.05, 3.63) is 41.5 Å². The summed E-state index contributed by atoms with van der Waals surface area (Å²) in [5.74, 6) is 2.42. The van der Waals surface area contributed by atoms with Crippen LogP contribution in [0, 0.1) is 0 Å². The summed E-state index contributed by atoms with van der Waals surface area (Å²) in [5, 5.41) is 6.61. The molecule has 0 bridgehead atoms. The van der Waals surface area contributed by atoms with E-state index in [1.807, 2.05) is 6.07 Å². The molecular weight excluding hydrogens is 262 g/mol. The average molecular weight is 283 g/mol. The van der Waals surface area contributed by atoms with E-state index in [1.54, 1.807) is 0 Å². The zero-order valence-corrected chi connectivity index (χ0v) is 12.3. The van der Waals surface area contributed by atoms with Gasteiger partial charge in [0.05, 0.1) is 0 Å². The maximum atomic E-state index is 5.76. The lowest BCUT2D eigenvalue weighted by Crippen LogP contribution is -2.24. The molecule has 0 radical (unpaired) electrons. The Kier molecular flexibility index (Phi) is 3.90. The molecule has 1 heterocycles. The Morgan fingerprint density at radius 3 is 2.71 bits per heavy atom. The van der Waals surface area contributed by atoms with Gasteiger partial charge in [0.25, 0.3) is 0 Å². The standard InChI is InChI=1S/C16H21N5/c1-2-7-18-14-9-15(21-16(17)20-14)19-10-12-8-11-5-3-4-6-13(11)12/h3-6,9,12H,2,7-8,10H2,1H3,(H4,17,18,19,20,21). The summed E-state index contributed by atoms with van der Waals surface area (Å²) in [4.78, 5) is 8.43. The molecule has 0 fully saturated rings. The minimum atomic E-state index is 0.299. The van der Waals surface area contributed by atoms with Gasteiger partial charge in [-0.1, -0.05) is 31.2 Å². The van der Waals surface area contributed by atoms with Crippen molar-refractivity contribution >= 4 is 17.6 Å². The highest BCUT2D eigenvalue weighted by molar-refractivity contribution is 5.52. The first-order valence-electron chi connectivity index (χ1n) is 7.46. The second kappa shape index (κ2) is 5.99. The van der Waals surface area contributed by atoms with Crippen LogP contribution in [0.15, 0.2) is 30.3 Å². The molecule has 1 aromatic heterocycles. The Morgan fingerprint density at radius 2 is 1.95 bits per heavy atom. The van der Waals surface area contributed by atoms with E-state index in [2.05, 4.69) is 51.8 Å². The van der Waals surface area contributed by atoms with Crippen molar-refractivity contribution < 1.29 is 0 Å². The van der Waals surface area contributed by atoms with Crippen LogP contribution in [-0.4, -0.2) is 23.1 Å². The van der Waals surface area contributed by atoms with Crippen LogP contribution in [0.5, 0.6) is 0 Å². The second-order valence-electron chi connectivity index (χ2n) is 5.40. The summed E-state index contributed by atoms with van der Waals surface area (Å²) < 4.78 is 0. The SMILES string of the molecule is CCCNc1cc(NCC2Cc3ccccc32)nc(N)n1. The van der Waals surface area contributed by atoms with Crippen LogP contribution in [0.1, 0.15) is 30.4 Å². The highest BCUT2D eigenvalue weighted by Crippen LogP contribution is 2.34. The van der Waals surface area contributed by atoms with Crippen LogP contribution in [0.4, 0.5) is 17.6 Å². The van der Waals surface area contributed by atoms with Crippen LogP contribution >= 0.6 is 0 Å². The molecule has 1 aromatic carbocycles. The van der Waals surface area contributed by atoms with Gasteiger partial charge in [-0.15, -0.1) is 0 Å².